The maximum Gasteiger partial charge on any atom is 0.220 e. The Balaban J connectivity index is 3.22. The van der Waals surface area contributed by atoms with Gasteiger partial charge in [0.2, 0.25) is 5.91 Å². The van der Waals surface area contributed by atoms with Crippen LogP contribution in [0.4, 0.5) is 0 Å². The van der Waals surface area contributed by atoms with Crippen LogP contribution in [0, 0.1) is 0 Å². The molecule has 0 aromatic carbocycles. The predicted octanol–water partition coefficient (Wildman–Crippen LogP) is 2.98. The summed E-state index contributed by atoms with van der Waals surface area (Å²) < 4.78 is 0. The highest BCUT2D eigenvalue weighted by Gasteiger charge is 2.03. The molecule has 3 N–H and O–H groups in total. The van der Waals surface area contributed by atoms with Gasteiger partial charge in [-0.05, 0) is 12.8 Å². The highest BCUT2D eigenvalue weighted by atomic mass is 16.1. The molecule has 0 aliphatic rings. The van der Waals surface area contributed by atoms with Gasteiger partial charge >= 0.3 is 0 Å². The third-order valence-corrected chi connectivity index (χ3v) is 3.09. The second-order valence-corrected chi connectivity index (χ2v) is 4.84. The minimum atomic E-state index is 0.105. The van der Waals surface area contributed by atoms with Gasteiger partial charge in [0, 0.05) is 19.0 Å². The Kier molecular flexibility index (Phi) is 11.5. The summed E-state index contributed by atoms with van der Waals surface area (Å²) in [5.74, 6) is 0.155. The fourth-order valence-electron chi connectivity index (χ4n) is 1.72. The quantitative estimate of drug-likeness (QED) is 0.547. The molecule has 0 rings (SSSR count). The number of unbranched alkanes of at least 4 members (excludes halogenated alkanes) is 6. The van der Waals surface area contributed by atoms with Gasteiger partial charge in [-0.25, -0.2) is 0 Å². The second kappa shape index (κ2) is 11.9. The van der Waals surface area contributed by atoms with E-state index < -0.39 is 0 Å². The van der Waals surface area contributed by atoms with E-state index in [0.717, 1.165) is 12.8 Å². The molecule has 0 aromatic heterocycles. The molecule has 3 nitrogen and oxygen atoms in total. The Morgan fingerprint density at radius 2 is 1.65 bits per heavy atom. The van der Waals surface area contributed by atoms with E-state index in [2.05, 4.69) is 12.2 Å². The zero-order valence-corrected chi connectivity index (χ0v) is 11.6. The number of rotatable bonds is 11. The fourth-order valence-corrected chi connectivity index (χ4v) is 1.72. The molecular formula is C14H30N2O. The molecule has 0 bridgehead atoms. The van der Waals surface area contributed by atoms with E-state index in [1.165, 1.54) is 38.5 Å². The number of hydrogen-bond donors (Lipinski definition) is 2. The summed E-state index contributed by atoms with van der Waals surface area (Å²) in [5, 5.41) is 2.88. The average molecular weight is 242 g/mol. The third-order valence-electron chi connectivity index (χ3n) is 3.09. The van der Waals surface area contributed by atoms with Crippen molar-refractivity contribution in [3.8, 4) is 0 Å². The van der Waals surface area contributed by atoms with E-state index >= 15 is 0 Å². The molecule has 0 aliphatic heterocycles. The van der Waals surface area contributed by atoms with Gasteiger partial charge in [0.25, 0.3) is 0 Å². The minimum Gasteiger partial charge on any atom is -0.355 e. The monoisotopic (exact) mass is 242 g/mol. The summed E-state index contributed by atoms with van der Waals surface area (Å²) in [6, 6.07) is 0.105. The van der Waals surface area contributed by atoms with E-state index in [4.69, 9.17) is 5.73 Å². The Bertz CT molecular complexity index is 183. The number of carbonyl (C=O) groups excluding carboxylic acids is 1. The van der Waals surface area contributed by atoms with E-state index in [9.17, 15) is 4.79 Å². The summed E-state index contributed by atoms with van der Waals surface area (Å²) in [7, 11) is 0. The minimum absolute atomic E-state index is 0.105. The van der Waals surface area contributed by atoms with Crippen molar-refractivity contribution in [1.29, 1.82) is 0 Å². The lowest BCUT2D eigenvalue weighted by atomic mass is 10.1. The highest BCUT2D eigenvalue weighted by Crippen LogP contribution is 2.08. The Hall–Kier alpha value is -0.570. The molecule has 102 valence electrons. The average Bonchev–Trinajstić information content (AvgIpc) is 2.34. The van der Waals surface area contributed by atoms with Crippen LogP contribution < -0.4 is 11.1 Å². The van der Waals surface area contributed by atoms with Crippen molar-refractivity contribution in [2.24, 2.45) is 5.73 Å². The lowest BCUT2D eigenvalue weighted by molar-refractivity contribution is -0.121. The van der Waals surface area contributed by atoms with Gasteiger partial charge in [-0.2, -0.15) is 0 Å². The molecule has 0 spiro atoms. The van der Waals surface area contributed by atoms with E-state index in [0.29, 0.717) is 13.0 Å². The topological polar surface area (TPSA) is 55.1 Å². The van der Waals surface area contributed by atoms with Gasteiger partial charge in [-0.15, -0.1) is 0 Å². The van der Waals surface area contributed by atoms with Gasteiger partial charge in [-0.3, -0.25) is 4.79 Å². The van der Waals surface area contributed by atoms with Gasteiger partial charge in [0.05, 0.1) is 0 Å². The van der Waals surface area contributed by atoms with Gasteiger partial charge in [0.1, 0.15) is 0 Å². The summed E-state index contributed by atoms with van der Waals surface area (Å²) >= 11 is 0. The first-order valence-corrected chi connectivity index (χ1v) is 7.23. The van der Waals surface area contributed by atoms with Crippen LogP contribution in [0.5, 0.6) is 0 Å². The molecule has 0 heterocycles. The van der Waals surface area contributed by atoms with Crippen molar-refractivity contribution in [2.75, 3.05) is 6.54 Å². The first-order valence-electron chi connectivity index (χ1n) is 7.23. The first-order chi connectivity index (χ1) is 8.20. The smallest absolute Gasteiger partial charge is 0.220 e. The molecule has 0 aromatic rings. The van der Waals surface area contributed by atoms with E-state index in [1.54, 1.807) is 0 Å². The van der Waals surface area contributed by atoms with E-state index in [1.807, 2.05) is 6.92 Å². The second-order valence-electron chi connectivity index (χ2n) is 4.84. The van der Waals surface area contributed by atoms with Crippen LogP contribution in [-0.2, 0) is 4.79 Å². The molecule has 1 amide bonds. The third kappa shape index (κ3) is 11.7. The fraction of sp³-hybridized carbons (Fsp3) is 0.929. The van der Waals surface area contributed by atoms with Crippen LogP contribution >= 0.6 is 0 Å². The van der Waals surface area contributed by atoms with Crippen LogP contribution in [0.3, 0.4) is 0 Å². The van der Waals surface area contributed by atoms with Crippen molar-refractivity contribution < 1.29 is 4.79 Å². The Labute approximate surface area is 107 Å². The van der Waals surface area contributed by atoms with Crippen molar-refractivity contribution >= 4 is 5.91 Å². The molecule has 17 heavy (non-hydrogen) atoms. The number of amides is 1. The number of nitrogens with one attached hydrogen (secondary N) is 1. The molecule has 1 atom stereocenters. The molecule has 0 radical (unpaired) electrons. The van der Waals surface area contributed by atoms with Crippen LogP contribution in [0.25, 0.3) is 0 Å². The van der Waals surface area contributed by atoms with Crippen molar-refractivity contribution in [2.45, 2.75) is 77.7 Å². The molecule has 0 aliphatic carbocycles. The largest absolute Gasteiger partial charge is 0.355 e. The molecular weight excluding hydrogens is 212 g/mol. The lowest BCUT2D eigenvalue weighted by Crippen LogP contribution is -2.36. The maximum atomic E-state index is 11.4. The molecule has 0 saturated carbocycles. The first kappa shape index (κ1) is 16.4. The maximum absolute atomic E-state index is 11.4. The summed E-state index contributed by atoms with van der Waals surface area (Å²) in [6.45, 7) is 4.88. The zero-order chi connectivity index (χ0) is 12.9. The predicted molar refractivity (Wildman–Crippen MR) is 73.9 cm³/mol. The van der Waals surface area contributed by atoms with Gasteiger partial charge in [-0.1, -0.05) is 52.4 Å². The van der Waals surface area contributed by atoms with Gasteiger partial charge < -0.3 is 11.1 Å². The SMILES string of the molecule is CCCCCCCCCC(=O)NCC(N)CC. The van der Waals surface area contributed by atoms with Crippen molar-refractivity contribution in [3.63, 3.8) is 0 Å². The van der Waals surface area contributed by atoms with Gasteiger partial charge in [0.15, 0.2) is 0 Å². The summed E-state index contributed by atoms with van der Waals surface area (Å²) in [4.78, 5) is 11.4. The van der Waals surface area contributed by atoms with E-state index in [-0.39, 0.29) is 11.9 Å². The number of hydrogen-bond acceptors (Lipinski definition) is 2. The van der Waals surface area contributed by atoms with Crippen LogP contribution in [-0.4, -0.2) is 18.5 Å². The normalized spacial score (nSPS) is 12.4. The van der Waals surface area contributed by atoms with Crippen molar-refractivity contribution in [3.05, 3.63) is 0 Å². The standard InChI is InChI=1S/C14H30N2O/c1-3-5-6-7-8-9-10-11-14(17)16-12-13(15)4-2/h13H,3-12,15H2,1-2H3,(H,16,17). The van der Waals surface area contributed by atoms with Crippen molar-refractivity contribution in [1.82, 2.24) is 5.32 Å². The Morgan fingerprint density at radius 3 is 2.24 bits per heavy atom. The lowest BCUT2D eigenvalue weighted by Gasteiger charge is -2.10. The summed E-state index contributed by atoms with van der Waals surface area (Å²) in [6.07, 6.45) is 10.3. The van der Waals surface area contributed by atoms with Crippen LogP contribution in [0.15, 0.2) is 0 Å². The number of carbonyl (C=O) groups is 1. The van der Waals surface area contributed by atoms with Crippen LogP contribution in [0.1, 0.15) is 71.6 Å². The zero-order valence-electron chi connectivity index (χ0n) is 11.6. The Morgan fingerprint density at radius 1 is 1.06 bits per heavy atom. The molecule has 1 unspecified atom stereocenters. The van der Waals surface area contributed by atoms with Crippen LogP contribution in [0.2, 0.25) is 0 Å². The summed E-state index contributed by atoms with van der Waals surface area (Å²) in [5.41, 5.74) is 5.73. The molecule has 0 saturated heterocycles. The highest BCUT2D eigenvalue weighted by molar-refractivity contribution is 5.75. The number of nitrogens with two attached hydrogens (primary N) is 1. The molecule has 0 fully saturated rings. The molecule has 3 heteroatoms.